The third kappa shape index (κ3) is 13.4. The van der Waals surface area contributed by atoms with Gasteiger partial charge in [-0.25, -0.2) is 9.69 Å². The molecule has 0 aliphatic heterocycles. The molecule has 0 aromatic heterocycles. The Balaban J connectivity index is 2.29. The molecule has 4 amide bonds. The molecule has 8 N–H and O–H groups in total. The van der Waals surface area contributed by atoms with E-state index in [-0.39, 0.29) is 56.1 Å². The van der Waals surface area contributed by atoms with Gasteiger partial charge in [-0.2, -0.15) is 0 Å². The van der Waals surface area contributed by atoms with E-state index in [2.05, 4.69) is 15.6 Å². The van der Waals surface area contributed by atoms with E-state index in [0.717, 1.165) is 16.0 Å². The van der Waals surface area contributed by atoms with Crippen LogP contribution in [0, 0.1) is 11.8 Å². The minimum absolute atomic E-state index is 0.00214. The van der Waals surface area contributed by atoms with Gasteiger partial charge in [-0.15, -0.1) is 0 Å². The fourth-order valence-electron chi connectivity index (χ4n) is 4.65. The molecule has 0 saturated carbocycles. The van der Waals surface area contributed by atoms with Crippen molar-refractivity contribution in [3.63, 3.8) is 0 Å². The quantitative estimate of drug-likeness (QED) is 0.101. The second kappa shape index (κ2) is 19.0. The van der Waals surface area contributed by atoms with E-state index in [9.17, 15) is 19.2 Å². The fraction of sp³-hybridized carbons (Fsp3) is 0.485. The largest absolute Gasteiger partial charge is 0.444 e. The molecular formula is C33H49N7O5. The Morgan fingerprint density at radius 1 is 0.911 bits per heavy atom. The van der Waals surface area contributed by atoms with Gasteiger partial charge in [0, 0.05) is 13.1 Å². The zero-order valence-electron chi connectivity index (χ0n) is 26.8. The van der Waals surface area contributed by atoms with Gasteiger partial charge in [-0.05, 0) is 42.2 Å². The van der Waals surface area contributed by atoms with Crippen LogP contribution in [0.4, 0.5) is 4.79 Å². The molecule has 2 rings (SSSR count). The molecule has 12 nitrogen and oxygen atoms in total. The van der Waals surface area contributed by atoms with Crippen molar-refractivity contribution in [3.05, 3.63) is 71.8 Å². The smallest absolute Gasteiger partial charge is 0.417 e. The summed E-state index contributed by atoms with van der Waals surface area (Å²) in [4.78, 5) is 58.8. The van der Waals surface area contributed by atoms with Crippen LogP contribution in [0.1, 0.15) is 58.1 Å². The van der Waals surface area contributed by atoms with E-state index >= 15 is 0 Å². The highest BCUT2D eigenvalue weighted by Crippen LogP contribution is 2.18. The number of nitrogens with zero attached hydrogens (tertiary/aromatic N) is 2. The lowest BCUT2D eigenvalue weighted by molar-refractivity contribution is -0.138. The summed E-state index contributed by atoms with van der Waals surface area (Å²) in [6, 6.07) is 15.6. The van der Waals surface area contributed by atoms with Crippen LogP contribution < -0.4 is 27.8 Å². The van der Waals surface area contributed by atoms with E-state index in [4.69, 9.17) is 21.9 Å². The maximum Gasteiger partial charge on any atom is 0.417 e. The molecule has 0 heterocycles. The number of carbonyl (C=O) groups is 4. The van der Waals surface area contributed by atoms with Crippen LogP contribution in [0.2, 0.25) is 0 Å². The molecular weight excluding hydrogens is 574 g/mol. The minimum Gasteiger partial charge on any atom is -0.444 e. The lowest BCUT2D eigenvalue weighted by Crippen LogP contribution is -2.59. The maximum atomic E-state index is 14.2. The van der Waals surface area contributed by atoms with Crippen molar-refractivity contribution < 1.29 is 23.9 Å². The summed E-state index contributed by atoms with van der Waals surface area (Å²) < 4.78 is 5.62. The monoisotopic (exact) mass is 623 g/mol. The number of ether oxygens (including phenoxy) is 1. The number of rotatable bonds is 17. The van der Waals surface area contributed by atoms with Gasteiger partial charge in [0.05, 0.1) is 18.5 Å². The highest BCUT2D eigenvalue weighted by molar-refractivity contribution is 5.98. The first-order chi connectivity index (χ1) is 21.4. The molecule has 0 unspecified atom stereocenters. The summed E-state index contributed by atoms with van der Waals surface area (Å²) in [5.74, 6) is -1.75. The first-order valence-corrected chi connectivity index (χ1v) is 15.3. The van der Waals surface area contributed by atoms with Crippen LogP contribution in [0.15, 0.2) is 65.7 Å². The lowest BCUT2D eigenvalue weighted by Gasteiger charge is -2.35. The summed E-state index contributed by atoms with van der Waals surface area (Å²) in [6.45, 7) is 7.76. The Morgan fingerprint density at radius 2 is 1.51 bits per heavy atom. The van der Waals surface area contributed by atoms with E-state index in [1.165, 1.54) is 0 Å². The van der Waals surface area contributed by atoms with Gasteiger partial charge in [-0.3, -0.25) is 19.4 Å². The normalized spacial score (nSPS) is 13.0. The molecule has 0 fully saturated rings. The van der Waals surface area contributed by atoms with Gasteiger partial charge in [0.1, 0.15) is 12.6 Å². The predicted octanol–water partition coefficient (Wildman–Crippen LogP) is 2.45. The number of nitrogens with one attached hydrogen (secondary N) is 2. The van der Waals surface area contributed by atoms with E-state index in [0.29, 0.717) is 13.0 Å². The summed E-state index contributed by atoms with van der Waals surface area (Å²) in [5, 5.41) is 5.64. The van der Waals surface area contributed by atoms with Crippen LogP contribution >= 0.6 is 0 Å². The third-order valence-electron chi connectivity index (χ3n) is 7.08. The average Bonchev–Trinajstić information content (AvgIpc) is 2.99. The van der Waals surface area contributed by atoms with E-state index in [1.807, 2.05) is 76.2 Å². The molecule has 0 spiro atoms. The predicted molar refractivity (Wildman–Crippen MR) is 175 cm³/mol. The SMILES string of the molecule is CC(C)C[C@H](NC(=O)[C@@H](N)CCCN=C(N)N)C(=O)N(C(=O)OCc1ccccc1)[C@H](CNC(=O)Cc1ccccc1)C(C)C. The highest BCUT2D eigenvalue weighted by Gasteiger charge is 2.38. The summed E-state index contributed by atoms with van der Waals surface area (Å²) in [5.41, 5.74) is 18.4. The molecule has 3 atom stereocenters. The molecule has 0 aliphatic carbocycles. The number of nitrogens with two attached hydrogens (primary N) is 3. The second-order valence-electron chi connectivity index (χ2n) is 11.8. The van der Waals surface area contributed by atoms with E-state index in [1.54, 1.807) is 12.1 Å². The number of imide groups is 1. The Bertz CT molecular complexity index is 1250. The van der Waals surface area contributed by atoms with Crippen molar-refractivity contribution in [2.45, 2.75) is 78.1 Å². The van der Waals surface area contributed by atoms with Crippen LogP contribution in [0.25, 0.3) is 0 Å². The van der Waals surface area contributed by atoms with Crippen LogP contribution in [0.3, 0.4) is 0 Å². The fourth-order valence-corrected chi connectivity index (χ4v) is 4.65. The van der Waals surface area contributed by atoms with Crippen molar-refractivity contribution in [1.82, 2.24) is 15.5 Å². The zero-order chi connectivity index (χ0) is 33.4. The zero-order valence-corrected chi connectivity index (χ0v) is 26.8. The van der Waals surface area contributed by atoms with Gasteiger partial charge in [0.2, 0.25) is 11.8 Å². The number of aliphatic imine (C=N–C) groups is 1. The molecule has 45 heavy (non-hydrogen) atoms. The van der Waals surface area contributed by atoms with Crippen LogP contribution in [0.5, 0.6) is 0 Å². The summed E-state index contributed by atoms with van der Waals surface area (Å²) in [7, 11) is 0. The number of hydrogen-bond acceptors (Lipinski definition) is 7. The maximum absolute atomic E-state index is 14.2. The van der Waals surface area contributed by atoms with Gasteiger partial charge in [-0.1, -0.05) is 88.4 Å². The van der Waals surface area contributed by atoms with Gasteiger partial charge in [0.15, 0.2) is 5.96 Å². The van der Waals surface area contributed by atoms with Crippen molar-refractivity contribution in [2.24, 2.45) is 34.0 Å². The number of amides is 4. The highest BCUT2D eigenvalue weighted by atomic mass is 16.6. The first kappa shape index (κ1) is 36.7. The Hall–Kier alpha value is -4.45. The van der Waals surface area contributed by atoms with Crippen molar-refractivity contribution in [1.29, 1.82) is 0 Å². The molecule has 12 heteroatoms. The molecule has 2 aromatic carbocycles. The first-order valence-electron chi connectivity index (χ1n) is 15.3. The van der Waals surface area contributed by atoms with Crippen molar-refractivity contribution in [2.75, 3.05) is 13.1 Å². The Kier molecular flexibility index (Phi) is 15.6. The molecule has 0 aliphatic rings. The molecule has 0 radical (unpaired) electrons. The standard InChI is InChI=1S/C33H49N7O5/c1-22(2)18-27(39-30(42)26(34)16-11-17-37-32(35)36)31(43)40(33(44)45-21-25-14-9-6-10-15-25)28(23(3)4)20-38-29(41)19-24-12-7-5-8-13-24/h5-10,12-15,22-23,26-28H,11,16-21,34H2,1-4H3,(H,38,41)(H,39,42)(H4,35,36,37)/t26-,27-,28+/m0/s1. The number of hydrogen-bond donors (Lipinski definition) is 5. The van der Waals surface area contributed by atoms with Crippen molar-refractivity contribution in [3.8, 4) is 0 Å². The van der Waals surface area contributed by atoms with Gasteiger partial charge < -0.3 is 32.6 Å². The average molecular weight is 624 g/mol. The van der Waals surface area contributed by atoms with Crippen LogP contribution in [-0.2, 0) is 32.1 Å². The van der Waals surface area contributed by atoms with Gasteiger partial charge in [0.25, 0.3) is 5.91 Å². The minimum atomic E-state index is -1.06. The topological polar surface area (TPSA) is 195 Å². The van der Waals surface area contributed by atoms with Crippen LogP contribution in [-0.4, -0.2) is 65.9 Å². The molecule has 0 saturated heterocycles. The van der Waals surface area contributed by atoms with Crippen molar-refractivity contribution >= 4 is 29.8 Å². The number of benzene rings is 2. The van der Waals surface area contributed by atoms with Gasteiger partial charge >= 0.3 is 6.09 Å². The second-order valence-corrected chi connectivity index (χ2v) is 11.8. The molecule has 246 valence electrons. The lowest BCUT2D eigenvalue weighted by atomic mass is 9.98. The Labute approximate surface area is 266 Å². The Morgan fingerprint density at radius 3 is 2.07 bits per heavy atom. The third-order valence-corrected chi connectivity index (χ3v) is 7.08. The molecule has 0 bridgehead atoms. The summed E-state index contributed by atoms with van der Waals surface area (Å²) >= 11 is 0. The summed E-state index contributed by atoms with van der Waals surface area (Å²) in [6.07, 6.45) is 0.273. The number of carbonyl (C=O) groups excluding carboxylic acids is 4. The van der Waals surface area contributed by atoms with E-state index < -0.39 is 36.0 Å². The number of guanidine groups is 1. The molecule has 2 aromatic rings.